The highest BCUT2D eigenvalue weighted by molar-refractivity contribution is 6.32. The minimum Gasteiger partial charge on any atom is -0.396 e. The van der Waals surface area contributed by atoms with Gasteiger partial charge in [-0.1, -0.05) is 11.6 Å². The van der Waals surface area contributed by atoms with Crippen molar-refractivity contribution in [1.82, 2.24) is 0 Å². The van der Waals surface area contributed by atoms with Gasteiger partial charge in [-0.3, -0.25) is 0 Å². The highest BCUT2D eigenvalue weighted by Crippen LogP contribution is 2.28. The number of rotatable bonds is 3. The summed E-state index contributed by atoms with van der Waals surface area (Å²) in [6.45, 7) is 2.21. The van der Waals surface area contributed by atoms with Gasteiger partial charge in [-0.05, 0) is 37.0 Å². The molecule has 4 heteroatoms. The molecule has 1 aliphatic rings. The maximum absolute atomic E-state index is 8.92. The molecule has 1 aromatic rings. The number of aliphatic hydroxyl groups excluding tert-OH is 1. The Bertz CT molecular complexity index is 442. The van der Waals surface area contributed by atoms with Crippen LogP contribution in [0.3, 0.4) is 0 Å². The molecule has 17 heavy (non-hydrogen) atoms. The van der Waals surface area contributed by atoms with E-state index in [2.05, 4.69) is 11.0 Å². The molecule has 0 bridgehead atoms. The average Bonchev–Trinajstić information content (AvgIpc) is 2.78. The molecule has 0 aliphatic carbocycles. The molecule has 0 aromatic heterocycles. The molecule has 2 rings (SSSR count). The summed E-state index contributed by atoms with van der Waals surface area (Å²) < 4.78 is 0. The summed E-state index contributed by atoms with van der Waals surface area (Å²) in [7, 11) is 0. The molecule has 90 valence electrons. The van der Waals surface area contributed by atoms with Gasteiger partial charge in [-0.25, -0.2) is 0 Å². The van der Waals surface area contributed by atoms with E-state index in [1.54, 1.807) is 6.07 Å². The normalized spacial score (nSPS) is 19.4. The molecular formula is C13H15ClN2O. The molecule has 1 unspecified atom stereocenters. The predicted octanol–water partition coefficient (Wildman–Crippen LogP) is 2.42. The second-order valence-electron chi connectivity index (χ2n) is 4.39. The van der Waals surface area contributed by atoms with Crippen molar-refractivity contribution in [3.63, 3.8) is 0 Å². The van der Waals surface area contributed by atoms with Gasteiger partial charge in [0.25, 0.3) is 0 Å². The molecule has 0 saturated carbocycles. The maximum Gasteiger partial charge on any atom is 0.101 e. The number of anilines is 1. The van der Waals surface area contributed by atoms with Crippen LogP contribution in [0.25, 0.3) is 0 Å². The van der Waals surface area contributed by atoms with E-state index >= 15 is 0 Å². The van der Waals surface area contributed by atoms with Crippen LogP contribution in [0.15, 0.2) is 18.2 Å². The van der Waals surface area contributed by atoms with Gasteiger partial charge in [0.05, 0.1) is 10.6 Å². The van der Waals surface area contributed by atoms with Crippen LogP contribution >= 0.6 is 11.6 Å². The third-order valence-corrected chi connectivity index (χ3v) is 3.57. The Labute approximate surface area is 106 Å². The van der Waals surface area contributed by atoms with Gasteiger partial charge in [0.1, 0.15) is 6.07 Å². The molecule has 0 spiro atoms. The number of hydrogen-bond acceptors (Lipinski definition) is 3. The summed E-state index contributed by atoms with van der Waals surface area (Å²) in [5.41, 5.74) is 1.58. The number of aliphatic hydroxyl groups is 1. The molecule has 1 fully saturated rings. The van der Waals surface area contributed by atoms with Gasteiger partial charge in [0.2, 0.25) is 0 Å². The van der Waals surface area contributed by atoms with Gasteiger partial charge in [0.15, 0.2) is 0 Å². The second-order valence-corrected chi connectivity index (χ2v) is 4.80. The van der Waals surface area contributed by atoms with Crippen molar-refractivity contribution in [2.24, 2.45) is 5.92 Å². The lowest BCUT2D eigenvalue weighted by Gasteiger charge is -2.19. The number of hydrogen-bond donors (Lipinski definition) is 1. The van der Waals surface area contributed by atoms with Crippen molar-refractivity contribution in [1.29, 1.82) is 5.26 Å². The van der Waals surface area contributed by atoms with E-state index in [0.717, 1.165) is 31.6 Å². The Morgan fingerprint density at radius 3 is 3.00 bits per heavy atom. The first-order chi connectivity index (χ1) is 8.24. The molecular weight excluding hydrogens is 236 g/mol. The molecule has 3 nitrogen and oxygen atoms in total. The number of nitriles is 1. The third kappa shape index (κ3) is 2.71. The van der Waals surface area contributed by atoms with E-state index in [4.69, 9.17) is 22.0 Å². The molecule has 1 saturated heterocycles. The summed E-state index contributed by atoms with van der Waals surface area (Å²) in [5.74, 6) is 0.564. The Hall–Kier alpha value is -1.24. The molecule has 1 aromatic carbocycles. The molecule has 0 radical (unpaired) electrons. The average molecular weight is 251 g/mol. The van der Waals surface area contributed by atoms with Crippen molar-refractivity contribution >= 4 is 17.3 Å². The first kappa shape index (κ1) is 12.2. The van der Waals surface area contributed by atoms with Crippen LogP contribution in [0.4, 0.5) is 5.69 Å². The Morgan fingerprint density at radius 2 is 2.35 bits per heavy atom. The van der Waals surface area contributed by atoms with Crippen molar-refractivity contribution in [3.8, 4) is 6.07 Å². The summed E-state index contributed by atoms with van der Waals surface area (Å²) >= 11 is 6.02. The predicted molar refractivity (Wildman–Crippen MR) is 68.2 cm³/mol. The number of benzene rings is 1. The van der Waals surface area contributed by atoms with Crippen molar-refractivity contribution in [3.05, 3.63) is 28.8 Å². The fraction of sp³-hybridized carbons (Fsp3) is 0.462. The van der Waals surface area contributed by atoms with Gasteiger partial charge >= 0.3 is 0 Å². The van der Waals surface area contributed by atoms with E-state index in [1.165, 1.54) is 0 Å². The number of halogens is 1. The van der Waals surface area contributed by atoms with Gasteiger partial charge in [-0.2, -0.15) is 5.26 Å². The monoisotopic (exact) mass is 250 g/mol. The molecule has 0 amide bonds. The summed E-state index contributed by atoms with van der Waals surface area (Å²) in [6.07, 6.45) is 1.97. The van der Waals surface area contributed by atoms with E-state index in [9.17, 15) is 0 Å². The summed E-state index contributed by atoms with van der Waals surface area (Å²) in [6, 6.07) is 7.60. The van der Waals surface area contributed by atoms with Gasteiger partial charge in [0, 0.05) is 25.4 Å². The zero-order chi connectivity index (χ0) is 12.3. The van der Waals surface area contributed by atoms with Crippen LogP contribution in [0.5, 0.6) is 0 Å². The number of nitrogens with zero attached hydrogens (tertiary/aromatic N) is 2. The zero-order valence-corrected chi connectivity index (χ0v) is 10.3. The molecule has 1 heterocycles. The first-order valence-corrected chi connectivity index (χ1v) is 6.18. The van der Waals surface area contributed by atoms with Gasteiger partial charge < -0.3 is 10.0 Å². The maximum atomic E-state index is 8.92. The van der Waals surface area contributed by atoms with Crippen molar-refractivity contribution < 1.29 is 5.11 Å². The topological polar surface area (TPSA) is 47.3 Å². The van der Waals surface area contributed by atoms with Crippen LogP contribution in [-0.2, 0) is 0 Å². The SMILES string of the molecule is N#Cc1ccc(N2CCC(CCO)C2)cc1Cl. The minimum absolute atomic E-state index is 0.257. The minimum atomic E-state index is 0.257. The largest absolute Gasteiger partial charge is 0.396 e. The highest BCUT2D eigenvalue weighted by atomic mass is 35.5. The van der Waals surface area contributed by atoms with E-state index in [-0.39, 0.29) is 6.61 Å². The van der Waals surface area contributed by atoms with Crippen molar-refractivity contribution in [2.75, 3.05) is 24.6 Å². The lowest BCUT2D eigenvalue weighted by molar-refractivity contribution is 0.263. The van der Waals surface area contributed by atoms with Gasteiger partial charge in [-0.15, -0.1) is 0 Å². The fourth-order valence-corrected chi connectivity index (χ4v) is 2.49. The summed E-state index contributed by atoms with van der Waals surface area (Å²) in [4.78, 5) is 2.26. The molecule has 1 atom stereocenters. The third-order valence-electron chi connectivity index (χ3n) is 3.26. The van der Waals surface area contributed by atoms with Crippen LogP contribution < -0.4 is 4.90 Å². The first-order valence-electron chi connectivity index (χ1n) is 5.80. The molecule has 1 aliphatic heterocycles. The van der Waals surface area contributed by atoms with Crippen LogP contribution in [0.1, 0.15) is 18.4 Å². The lowest BCUT2D eigenvalue weighted by atomic mass is 10.1. The quantitative estimate of drug-likeness (QED) is 0.896. The highest BCUT2D eigenvalue weighted by Gasteiger charge is 2.22. The van der Waals surface area contributed by atoms with Crippen LogP contribution in [0.2, 0.25) is 5.02 Å². The Balaban J connectivity index is 2.09. The summed E-state index contributed by atoms with van der Waals surface area (Å²) in [5, 5.41) is 18.2. The van der Waals surface area contributed by atoms with Crippen molar-refractivity contribution in [2.45, 2.75) is 12.8 Å². The second kappa shape index (κ2) is 5.39. The van der Waals surface area contributed by atoms with Crippen LogP contribution in [-0.4, -0.2) is 24.8 Å². The van der Waals surface area contributed by atoms with E-state index in [0.29, 0.717) is 16.5 Å². The van der Waals surface area contributed by atoms with E-state index < -0.39 is 0 Å². The fourth-order valence-electron chi connectivity index (χ4n) is 2.28. The van der Waals surface area contributed by atoms with E-state index in [1.807, 2.05) is 12.1 Å². The lowest BCUT2D eigenvalue weighted by Crippen LogP contribution is -2.19. The smallest absolute Gasteiger partial charge is 0.101 e. The zero-order valence-electron chi connectivity index (χ0n) is 9.56. The molecule has 1 N–H and O–H groups in total. The Morgan fingerprint density at radius 1 is 1.53 bits per heavy atom. The standard InChI is InChI=1S/C13H15ClN2O/c14-13-7-12(2-1-11(13)8-15)16-5-3-10(9-16)4-6-17/h1-2,7,10,17H,3-6,9H2. The van der Waals surface area contributed by atoms with Crippen LogP contribution in [0, 0.1) is 17.2 Å². The Kier molecular flexibility index (Phi) is 3.88.